The van der Waals surface area contributed by atoms with Gasteiger partial charge in [-0.25, -0.2) is 0 Å². The van der Waals surface area contributed by atoms with Gasteiger partial charge in [-0.1, -0.05) is 13.0 Å². The van der Waals surface area contributed by atoms with Gasteiger partial charge in [-0.2, -0.15) is 0 Å². The van der Waals surface area contributed by atoms with Crippen molar-refractivity contribution in [2.24, 2.45) is 17.3 Å². The van der Waals surface area contributed by atoms with Crippen LogP contribution in [0.1, 0.15) is 56.1 Å². The molecule has 1 aromatic carbocycles. The van der Waals surface area contributed by atoms with Crippen LogP contribution in [0.3, 0.4) is 0 Å². The fraction of sp³-hybridized carbons (Fsp3) is 0.667. The zero-order valence-corrected chi connectivity index (χ0v) is 14.1. The molecular formula is C18H23BrO2. The summed E-state index contributed by atoms with van der Waals surface area (Å²) in [5.41, 5.74) is 3.19. The van der Waals surface area contributed by atoms with Gasteiger partial charge in [0.1, 0.15) is 5.75 Å². The lowest BCUT2D eigenvalue weighted by atomic mass is 9.55. The first-order chi connectivity index (χ1) is 10.1. The van der Waals surface area contributed by atoms with Crippen LogP contribution < -0.4 is 3.83 Å². The molecule has 21 heavy (non-hydrogen) atoms. The maximum atomic E-state index is 10.4. The van der Waals surface area contributed by atoms with Crippen LogP contribution in [-0.2, 0) is 6.42 Å². The highest BCUT2D eigenvalue weighted by atomic mass is 79.9. The number of hydrogen-bond donors (Lipinski definition) is 1. The Kier molecular flexibility index (Phi) is 3.34. The fourth-order valence-electron chi connectivity index (χ4n) is 5.58. The first kappa shape index (κ1) is 14.1. The summed E-state index contributed by atoms with van der Waals surface area (Å²) in [6.07, 6.45) is 6.99. The van der Waals surface area contributed by atoms with Crippen LogP contribution in [0.5, 0.6) is 5.75 Å². The van der Waals surface area contributed by atoms with Crippen LogP contribution in [0.25, 0.3) is 0 Å². The van der Waals surface area contributed by atoms with Crippen molar-refractivity contribution in [3.63, 3.8) is 0 Å². The Morgan fingerprint density at radius 3 is 2.90 bits per heavy atom. The van der Waals surface area contributed by atoms with E-state index in [0.717, 1.165) is 24.5 Å². The highest BCUT2D eigenvalue weighted by molar-refractivity contribution is 9.06. The molecule has 1 aromatic rings. The average molecular weight is 351 g/mol. The molecule has 0 aliphatic heterocycles. The van der Waals surface area contributed by atoms with Crippen molar-refractivity contribution in [1.29, 1.82) is 0 Å². The Hall–Kier alpha value is -0.540. The second-order valence-corrected chi connectivity index (χ2v) is 7.81. The highest BCUT2D eigenvalue weighted by Gasteiger charge is 2.54. The average Bonchev–Trinajstić information content (AvgIpc) is 2.82. The van der Waals surface area contributed by atoms with Gasteiger partial charge >= 0.3 is 0 Å². The van der Waals surface area contributed by atoms with Crippen molar-refractivity contribution in [2.45, 2.75) is 57.5 Å². The highest BCUT2D eigenvalue weighted by Crippen LogP contribution is 2.60. The third kappa shape index (κ3) is 2.00. The van der Waals surface area contributed by atoms with Crippen LogP contribution in [0.15, 0.2) is 18.2 Å². The number of hydrogen-bond acceptors (Lipinski definition) is 2. The Balaban J connectivity index is 1.68. The van der Waals surface area contributed by atoms with E-state index in [1.807, 2.05) is 0 Å². The van der Waals surface area contributed by atoms with Crippen LogP contribution in [-0.4, -0.2) is 11.2 Å². The van der Waals surface area contributed by atoms with Crippen LogP contribution >= 0.6 is 16.3 Å². The maximum absolute atomic E-state index is 10.4. The molecule has 0 aromatic heterocycles. The van der Waals surface area contributed by atoms with E-state index in [0.29, 0.717) is 11.8 Å². The second-order valence-electron chi connectivity index (χ2n) is 7.49. The molecule has 3 aliphatic carbocycles. The lowest BCUT2D eigenvalue weighted by molar-refractivity contribution is -0.0226. The van der Waals surface area contributed by atoms with E-state index >= 15 is 0 Å². The summed E-state index contributed by atoms with van der Waals surface area (Å²) >= 11 is 3.08. The van der Waals surface area contributed by atoms with Crippen molar-refractivity contribution >= 4 is 16.3 Å². The molecule has 2 fully saturated rings. The predicted molar refractivity (Wildman–Crippen MR) is 86.6 cm³/mol. The summed E-state index contributed by atoms with van der Waals surface area (Å²) in [5.74, 6) is 3.08. The van der Waals surface area contributed by atoms with Crippen LogP contribution in [0.2, 0.25) is 0 Å². The van der Waals surface area contributed by atoms with E-state index in [2.05, 4.69) is 41.4 Å². The molecule has 2 nitrogen and oxygen atoms in total. The molecule has 0 spiro atoms. The number of aliphatic hydroxyl groups is 1. The zero-order chi connectivity index (χ0) is 14.6. The molecule has 0 saturated heterocycles. The van der Waals surface area contributed by atoms with Gasteiger partial charge in [0.2, 0.25) is 0 Å². The molecule has 3 heteroatoms. The van der Waals surface area contributed by atoms with Crippen molar-refractivity contribution in [1.82, 2.24) is 0 Å². The van der Waals surface area contributed by atoms with Crippen molar-refractivity contribution in [3.05, 3.63) is 29.3 Å². The van der Waals surface area contributed by atoms with Crippen molar-refractivity contribution < 1.29 is 8.93 Å². The van der Waals surface area contributed by atoms with Gasteiger partial charge in [0.25, 0.3) is 0 Å². The smallest absolute Gasteiger partial charge is 0.179 e. The van der Waals surface area contributed by atoms with Crippen LogP contribution in [0, 0.1) is 17.3 Å². The number of rotatable bonds is 1. The molecule has 4 rings (SSSR count). The largest absolute Gasteiger partial charge is 0.418 e. The second kappa shape index (κ2) is 4.99. The Labute approximate surface area is 135 Å². The lowest BCUT2D eigenvalue weighted by Crippen LogP contribution is -2.43. The van der Waals surface area contributed by atoms with Gasteiger partial charge in [-0.3, -0.25) is 0 Å². The minimum absolute atomic E-state index is 0.0750. The first-order valence-corrected chi connectivity index (χ1v) is 8.87. The lowest BCUT2D eigenvalue weighted by Gasteiger charge is -2.50. The summed E-state index contributed by atoms with van der Waals surface area (Å²) in [5, 5.41) is 10.4. The number of fused-ring (bicyclic) bond motifs is 5. The molecule has 0 amide bonds. The molecule has 1 N–H and O–H groups in total. The van der Waals surface area contributed by atoms with E-state index < -0.39 is 0 Å². The molecule has 4 unspecified atom stereocenters. The summed E-state index contributed by atoms with van der Waals surface area (Å²) in [4.78, 5) is 0. The van der Waals surface area contributed by atoms with Gasteiger partial charge in [-0.05, 0) is 85.0 Å². The molecule has 0 bridgehead atoms. The van der Waals surface area contributed by atoms with E-state index in [4.69, 9.17) is 3.83 Å². The van der Waals surface area contributed by atoms with Crippen LogP contribution in [0.4, 0.5) is 0 Å². The molecule has 3 aliphatic rings. The summed E-state index contributed by atoms with van der Waals surface area (Å²) in [7, 11) is 0. The van der Waals surface area contributed by atoms with Gasteiger partial charge in [-0.15, -0.1) is 0 Å². The fourth-order valence-corrected chi connectivity index (χ4v) is 5.78. The normalized spacial score (nSPS) is 41.1. The topological polar surface area (TPSA) is 29.5 Å². The van der Waals surface area contributed by atoms with E-state index in [1.54, 1.807) is 5.56 Å². The van der Waals surface area contributed by atoms with Crippen molar-refractivity contribution in [2.75, 3.05) is 0 Å². The number of aryl methyl sites for hydroxylation is 1. The summed E-state index contributed by atoms with van der Waals surface area (Å²) < 4.78 is 5.20. The third-order valence-electron chi connectivity index (χ3n) is 6.74. The standard InChI is InChI=1S/C18H23BrO2/c1-18-9-8-14-13-5-3-12(21-19)10-11(13)2-4-15(14)16(18)6-7-17(18)20/h3,5,10,14-17,20H,2,4,6-9H2,1H3/t14?,15?,16?,17-,18?/m1/s1. The monoisotopic (exact) mass is 350 g/mol. The number of aliphatic hydroxyl groups excluding tert-OH is 1. The Morgan fingerprint density at radius 1 is 1.24 bits per heavy atom. The van der Waals surface area contributed by atoms with Gasteiger partial charge in [0.05, 0.1) is 6.10 Å². The van der Waals surface area contributed by atoms with Gasteiger partial charge in [0, 0.05) is 0 Å². The molecular weight excluding hydrogens is 328 g/mol. The summed E-state index contributed by atoms with van der Waals surface area (Å²) in [6.45, 7) is 2.34. The Bertz CT molecular complexity index is 558. The van der Waals surface area contributed by atoms with E-state index in [1.165, 1.54) is 31.2 Å². The van der Waals surface area contributed by atoms with Crippen molar-refractivity contribution in [3.8, 4) is 5.75 Å². The first-order valence-electron chi connectivity index (χ1n) is 8.23. The number of benzene rings is 1. The number of halogens is 1. The van der Waals surface area contributed by atoms with E-state index in [9.17, 15) is 5.11 Å². The molecule has 5 atom stereocenters. The van der Waals surface area contributed by atoms with E-state index in [-0.39, 0.29) is 11.5 Å². The van der Waals surface area contributed by atoms with Gasteiger partial charge < -0.3 is 8.93 Å². The molecule has 0 heterocycles. The Morgan fingerprint density at radius 2 is 2.10 bits per heavy atom. The molecule has 2 saturated carbocycles. The minimum Gasteiger partial charge on any atom is -0.418 e. The minimum atomic E-state index is -0.0750. The summed E-state index contributed by atoms with van der Waals surface area (Å²) in [6, 6.07) is 6.54. The van der Waals surface area contributed by atoms with Gasteiger partial charge in [0.15, 0.2) is 16.3 Å². The maximum Gasteiger partial charge on any atom is 0.179 e. The zero-order valence-electron chi connectivity index (χ0n) is 12.5. The third-order valence-corrected chi connectivity index (χ3v) is 7.11. The SMILES string of the molecule is CC12CCC3c4ccc(OBr)cc4CCC3C1CC[C@H]2O. The molecule has 0 radical (unpaired) electrons. The predicted octanol–water partition coefficient (Wildman–Crippen LogP) is 4.59. The molecule has 114 valence electrons. The quantitative estimate of drug-likeness (QED) is 0.802.